The van der Waals surface area contributed by atoms with Crippen LogP contribution in [0.1, 0.15) is 5.56 Å². The molecule has 2 rings (SSSR count). The first kappa shape index (κ1) is 10.6. The van der Waals surface area contributed by atoms with E-state index in [-0.39, 0.29) is 6.03 Å². The van der Waals surface area contributed by atoms with E-state index < -0.39 is 0 Å². The maximum atomic E-state index is 11.5. The molecule has 16 heavy (non-hydrogen) atoms. The highest BCUT2D eigenvalue weighted by molar-refractivity contribution is 7.10. The Balaban J connectivity index is 1.97. The number of carbonyl (C=O) groups is 1. The lowest BCUT2D eigenvalue weighted by molar-refractivity contribution is 0.262. The number of hydrogen-bond acceptors (Lipinski definition) is 4. The van der Waals surface area contributed by atoms with Crippen molar-refractivity contribution in [2.45, 2.75) is 6.92 Å². The molecule has 2 aromatic rings. The lowest BCUT2D eigenvalue weighted by Gasteiger charge is -2.05. The molecular weight excluding hydrogens is 224 g/mol. The fraction of sp³-hybridized carbons (Fsp3) is 0.100. The molecule has 5 nitrogen and oxygen atoms in total. The molecule has 0 saturated heterocycles. The van der Waals surface area contributed by atoms with Gasteiger partial charge < -0.3 is 5.32 Å². The first-order valence-corrected chi connectivity index (χ1v) is 5.43. The van der Waals surface area contributed by atoms with Crippen LogP contribution in [0.4, 0.5) is 15.5 Å². The number of anilines is 2. The highest BCUT2D eigenvalue weighted by atomic mass is 32.1. The summed E-state index contributed by atoms with van der Waals surface area (Å²) in [5, 5.41) is 9.59. The molecule has 2 N–H and O–H groups in total. The van der Waals surface area contributed by atoms with Crippen LogP contribution in [0, 0.1) is 6.92 Å². The number of rotatable bonds is 2. The van der Waals surface area contributed by atoms with Gasteiger partial charge in [0.25, 0.3) is 0 Å². The minimum atomic E-state index is -0.295. The van der Waals surface area contributed by atoms with E-state index in [4.69, 9.17) is 0 Å². The zero-order valence-electron chi connectivity index (χ0n) is 8.60. The SMILES string of the molecule is Cc1cccc(NC(=O)Nc2cnns2)c1. The number of nitrogens with one attached hydrogen (secondary N) is 2. The molecule has 0 spiro atoms. The molecule has 0 fully saturated rings. The summed E-state index contributed by atoms with van der Waals surface area (Å²) in [7, 11) is 0. The first-order chi connectivity index (χ1) is 7.74. The number of aryl methyl sites for hydroxylation is 1. The Hall–Kier alpha value is -1.95. The van der Waals surface area contributed by atoms with E-state index >= 15 is 0 Å². The van der Waals surface area contributed by atoms with Crippen molar-refractivity contribution in [3.63, 3.8) is 0 Å². The lowest BCUT2D eigenvalue weighted by atomic mass is 10.2. The number of nitrogens with zero attached hydrogens (tertiary/aromatic N) is 2. The molecule has 0 aliphatic rings. The van der Waals surface area contributed by atoms with Crippen LogP contribution in [0.25, 0.3) is 0 Å². The fourth-order valence-electron chi connectivity index (χ4n) is 1.22. The van der Waals surface area contributed by atoms with Gasteiger partial charge in [0.1, 0.15) is 5.00 Å². The fourth-order valence-corrected chi connectivity index (χ4v) is 1.63. The van der Waals surface area contributed by atoms with Gasteiger partial charge in [0, 0.05) is 17.2 Å². The molecule has 0 bridgehead atoms. The quantitative estimate of drug-likeness (QED) is 0.838. The van der Waals surface area contributed by atoms with Crippen LogP contribution in [0.3, 0.4) is 0 Å². The van der Waals surface area contributed by atoms with Crippen molar-refractivity contribution in [1.82, 2.24) is 9.59 Å². The van der Waals surface area contributed by atoms with Crippen molar-refractivity contribution in [3.05, 3.63) is 36.0 Å². The van der Waals surface area contributed by atoms with E-state index in [0.29, 0.717) is 5.00 Å². The molecule has 0 aliphatic carbocycles. The van der Waals surface area contributed by atoms with Crippen molar-refractivity contribution < 1.29 is 4.79 Å². The normalized spacial score (nSPS) is 9.81. The van der Waals surface area contributed by atoms with Crippen LogP contribution < -0.4 is 10.6 Å². The summed E-state index contributed by atoms with van der Waals surface area (Å²) in [6.07, 6.45) is 1.50. The third-order valence-corrected chi connectivity index (χ3v) is 2.45. The van der Waals surface area contributed by atoms with Gasteiger partial charge in [-0.15, -0.1) is 5.10 Å². The molecule has 0 unspecified atom stereocenters. The molecule has 1 aromatic heterocycles. The van der Waals surface area contributed by atoms with Gasteiger partial charge in [-0.25, -0.2) is 4.79 Å². The maximum Gasteiger partial charge on any atom is 0.324 e. The summed E-state index contributed by atoms with van der Waals surface area (Å²) in [5.74, 6) is 0. The van der Waals surface area contributed by atoms with Gasteiger partial charge in [-0.2, -0.15) is 0 Å². The molecule has 1 heterocycles. The largest absolute Gasteiger partial charge is 0.324 e. The second-order valence-electron chi connectivity index (χ2n) is 3.23. The molecule has 0 aliphatic heterocycles. The second-order valence-corrected chi connectivity index (χ2v) is 4.02. The zero-order chi connectivity index (χ0) is 11.4. The zero-order valence-corrected chi connectivity index (χ0v) is 9.41. The van der Waals surface area contributed by atoms with Gasteiger partial charge >= 0.3 is 6.03 Å². The van der Waals surface area contributed by atoms with Gasteiger partial charge in [0.15, 0.2) is 0 Å². The summed E-state index contributed by atoms with van der Waals surface area (Å²) in [5.41, 5.74) is 1.85. The summed E-state index contributed by atoms with van der Waals surface area (Å²) in [6, 6.07) is 7.29. The average molecular weight is 234 g/mol. The van der Waals surface area contributed by atoms with Crippen molar-refractivity contribution in [1.29, 1.82) is 0 Å². The molecular formula is C10H10N4OS. The molecule has 0 saturated carbocycles. The summed E-state index contributed by atoms with van der Waals surface area (Å²) >= 11 is 1.13. The van der Waals surface area contributed by atoms with Crippen molar-refractivity contribution in [2.75, 3.05) is 10.6 Å². The van der Waals surface area contributed by atoms with E-state index in [9.17, 15) is 4.79 Å². The van der Waals surface area contributed by atoms with Gasteiger partial charge in [-0.3, -0.25) is 5.32 Å². The maximum absolute atomic E-state index is 11.5. The topological polar surface area (TPSA) is 66.9 Å². The minimum absolute atomic E-state index is 0.295. The Bertz CT molecular complexity index is 483. The van der Waals surface area contributed by atoms with Crippen LogP contribution in [-0.4, -0.2) is 15.6 Å². The molecule has 0 atom stereocenters. The smallest absolute Gasteiger partial charge is 0.308 e. The van der Waals surface area contributed by atoms with Crippen LogP contribution in [0.15, 0.2) is 30.5 Å². The number of amides is 2. The van der Waals surface area contributed by atoms with E-state index in [1.54, 1.807) is 0 Å². The first-order valence-electron chi connectivity index (χ1n) is 4.66. The third-order valence-electron chi connectivity index (χ3n) is 1.87. The summed E-state index contributed by atoms with van der Waals surface area (Å²) in [6.45, 7) is 1.97. The van der Waals surface area contributed by atoms with E-state index in [1.165, 1.54) is 6.20 Å². The van der Waals surface area contributed by atoms with Crippen LogP contribution in [0.5, 0.6) is 0 Å². The number of benzene rings is 1. The van der Waals surface area contributed by atoms with E-state index in [2.05, 4.69) is 20.2 Å². The van der Waals surface area contributed by atoms with Crippen molar-refractivity contribution in [3.8, 4) is 0 Å². The Kier molecular flexibility index (Phi) is 3.11. The van der Waals surface area contributed by atoms with E-state index in [0.717, 1.165) is 22.8 Å². The van der Waals surface area contributed by atoms with Crippen molar-refractivity contribution in [2.24, 2.45) is 0 Å². The monoisotopic (exact) mass is 234 g/mol. The average Bonchev–Trinajstić information content (AvgIpc) is 2.70. The van der Waals surface area contributed by atoms with E-state index in [1.807, 2.05) is 31.2 Å². The molecule has 1 aromatic carbocycles. The van der Waals surface area contributed by atoms with Crippen LogP contribution in [-0.2, 0) is 0 Å². The third kappa shape index (κ3) is 2.77. The van der Waals surface area contributed by atoms with Crippen molar-refractivity contribution >= 4 is 28.3 Å². The minimum Gasteiger partial charge on any atom is -0.308 e. The number of urea groups is 1. The summed E-state index contributed by atoms with van der Waals surface area (Å²) in [4.78, 5) is 11.5. The molecule has 6 heteroatoms. The van der Waals surface area contributed by atoms with Gasteiger partial charge in [-0.1, -0.05) is 16.6 Å². The predicted octanol–water partition coefficient (Wildman–Crippen LogP) is 2.49. The lowest BCUT2D eigenvalue weighted by Crippen LogP contribution is -2.18. The second kappa shape index (κ2) is 4.71. The Morgan fingerprint density at radius 2 is 2.25 bits per heavy atom. The Morgan fingerprint density at radius 1 is 1.38 bits per heavy atom. The van der Waals surface area contributed by atoms with Gasteiger partial charge in [-0.05, 0) is 24.6 Å². The Morgan fingerprint density at radius 3 is 2.94 bits per heavy atom. The summed E-state index contributed by atoms with van der Waals surface area (Å²) < 4.78 is 3.65. The number of hydrogen-bond donors (Lipinski definition) is 2. The molecule has 82 valence electrons. The van der Waals surface area contributed by atoms with Crippen LogP contribution >= 0.6 is 11.5 Å². The highest BCUT2D eigenvalue weighted by Crippen LogP contribution is 2.12. The van der Waals surface area contributed by atoms with Gasteiger partial charge in [0.05, 0.1) is 6.20 Å². The van der Waals surface area contributed by atoms with Gasteiger partial charge in [0.2, 0.25) is 0 Å². The standard InChI is InChI=1S/C10H10N4OS/c1-7-3-2-4-8(5-7)12-10(15)13-9-6-11-14-16-9/h2-6H,1H3,(H2,12,13,15). The molecule has 2 amide bonds. The number of aromatic nitrogens is 2. The number of carbonyl (C=O) groups excluding carboxylic acids is 1. The van der Waals surface area contributed by atoms with Crippen LogP contribution in [0.2, 0.25) is 0 Å². The predicted molar refractivity (Wildman–Crippen MR) is 63.7 cm³/mol. The molecule has 0 radical (unpaired) electrons. The Labute approximate surface area is 96.7 Å². The highest BCUT2D eigenvalue weighted by Gasteiger charge is 2.03.